The summed E-state index contributed by atoms with van der Waals surface area (Å²) in [6, 6.07) is 6.96. The first-order chi connectivity index (χ1) is 13.8. The molecular weight excluding hydrogens is 396 g/mol. The molecule has 0 radical (unpaired) electrons. The summed E-state index contributed by atoms with van der Waals surface area (Å²) in [7, 11) is 0. The molecule has 1 aliphatic rings. The maximum absolute atomic E-state index is 12.6. The Morgan fingerprint density at radius 3 is 2.34 bits per heavy atom. The van der Waals surface area contributed by atoms with Gasteiger partial charge in [0.25, 0.3) is 17.3 Å². The Balaban J connectivity index is 1.76. The molecule has 1 saturated heterocycles. The fourth-order valence-corrected chi connectivity index (χ4v) is 4.32. The second kappa shape index (κ2) is 9.10. The molecule has 0 aliphatic carbocycles. The van der Waals surface area contributed by atoms with Crippen molar-refractivity contribution in [1.29, 1.82) is 0 Å². The Labute approximate surface area is 171 Å². The van der Waals surface area contributed by atoms with Crippen molar-refractivity contribution in [3.8, 4) is 0 Å². The lowest BCUT2D eigenvalue weighted by molar-refractivity contribution is -0.394. The average molecular weight is 418 g/mol. The van der Waals surface area contributed by atoms with Gasteiger partial charge in [-0.05, 0) is 43.3 Å². The van der Waals surface area contributed by atoms with Gasteiger partial charge in [-0.2, -0.15) is 0 Å². The number of nitrogens with one attached hydrogen (secondary N) is 1. The zero-order chi connectivity index (χ0) is 21.0. The molecule has 29 heavy (non-hydrogen) atoms. The van der Waals surface area contributed by atoms with E-state index in [-0.39, 0.29) is 11.6 Å². The number of rotatable bonds is 7. The van der Waals surface area contributed by atoms with Gasteiger partial charge in [0.2, 0.25) is 0 Å². The topological polar surface area (TPSA) is 119 Å². The van der Waals surface area contributed by atoms with Crippen LogP contribution in [0, 0.1) is 26.1 Å². The van der Waals surface area contributed by atoms with Crippen LogP contribution >= 0.6 is 11.3 Å². The van der Waals surface area contributed by atoms with Crippen LogP contribution in [0.2, 0.25) is 0 Å². The molecule has 1 amide bonds. The molecule has 2 aromatic rings. The van der Waals surface area contributed by atoms with E-state index < -0.39 is 27.1 Å². The molecule has 1 aliphatic heterocycles. The first-order valence-corrected chi connectivity index (χ1v) is 10.2. The highest BCUT2D eigenvalue weighted by atomic mass is 32.1. The van der Waals surface area contributed by atoms with Crippen LogP contribution in [0.5, 0.6) is 0 Å². The summed E-state index contributed by atoms with van der Waals surface area (Å²) in [4.78, 5) is 36.7. The minimum Gasteiger partial charge on any atom is -0.350 e. The van der Waals surface area contributed by atoms with Crippen LogP contribution in [0.4, 0.5) is 11.4 Å². The number of likely N-dealkylation sites (tertiary alicyclic amines) is 1. The number of nitro benzene ring substituents is 2. The van der Waals surface area contributed by atoms with Crippen molar-refractivity contribution in [3.63, 3.8) is 0 Å². The van der Waals surface area contributed by atoms with E-state index in [1.807, 2.05) is 17.5 Å². The van der Waals surface area contributed by atoms with E-state index >= 15 is 0 Å². The SMILES string of the molecule is CC1CCN(C(CNC(=O)c2cc([N+](=O)[O-])cc([N+](=O)[O-])c2)c2cccs2)CC1. The van der Waals surface area contributed by atoms with Crippen LogP contribution in [0.1, 0.15) is 41.0 Å². The van der Waals surface area contributed by atoms with Gasteiger partial charge < -0.3 is 5.32 Å². The molecule has 1 atom stereocenters. The van der Waals surface area contributed by atoms with Gasteiger partial charge in [-0.15, -0.1) is 11.3 Å². The lowest BCUT2D eigenvalue weighted by Gasteiger charge is -2.36. The van der Waals surface area contributed by atoms with Crippen LogP contribution < -0.4 is 5.32 Å². The number of carbonyl (C=O) groups is 1. The number of nitrogens with zero attached hydrogens (tertiary/aromatic N) is 3. The molecule has 1 N–H and O–H groups in total. The van der Waals surface area contributed by atoms with Gasteiger partial charge in [0.05, 0.1) is 27.5 Å². The summed E-state index contributed by atoms with van der Waals surface area (Å²) in [5.41, 5.74) is -1.06. The highest BCUT2D eigenvalue weighted by Gasteiger charge is 2.26. The summed E-state index contributed by atoms with van der Waals surface area (Å²) >= 11 is 1.61. The van der Waals surface area contributed by atoms with Gasteiger partial charge in [0, 0.05) is 23.6 Å². The smallest absolute Gasteiger partial charge is 0.277 e. The summed E-state index contributed by atoms with van der Waals surface area (Å²) in [6.45, 7) is 4.42. The molecule has 0 bridgehead atoms. The quantitative estimate of drug-likeness (QED) is 0.540. The Bertz CT molecular complexity index is 862. The molecule has 0 spiro atoms. The second-order valence-corrected chi connectivity index (χ2v) is 8.19. The molecule has 3 rings (SSSR count). The summed E-state index contributed by atoms with van der Waals surface area (Å²) in [5, 5.41) is 26.9. The standard InChI is InChI=1S/C19H22N4O5S/c1-13-4-6-21(7-5-13)17(18-3-2-8-29-18)12-20-19(24)14-9-15(22(25)26)11-16(10-14)23(27)28/h2-3,8-11,13,17H,4-7,12H2,1H3,(H,20,24). The van der Waals surface area contributed by atoms with Gasteiger partial charge in [-0.3, -0.25) is 29.9 Å². The number of hydrogen-bond acceptors (Lipinski definition) is 7. The van der Waals surface area contributed by atoms with Crippen molar-refractivity contribution in [3.05, 3.63) is 66.4 Å². The largest absolute Gasteiger partial charge is 0.350 e. The molecule has 154 valence electrons. The molecule has 2 heterocycles. The van der Waals surface area contributed by atoms with Crippen molar-refractivity contribution in [2.45, 2.75) is 25.8 Å². The third-order valence-corrected chi connectivity index (χ3v) is 6.15. The lowest BCUT2D eigenvalue weighted by atomic mass is 9.97. The molecule has 0 saturated carbocycles. The van der Waals surface area contributed by atoms with E-state index in [0.29, 0.717) is 12.5 Å². The molecule has 10 heteroatoms. The zero-order valence-electron chi connectivity index (χ0n) is 15.9. The summed E-state index contributed by atoms with van der Waals surface area (Å²) in [5.74, 6) is 0.110. The monoisotopic (exact) mass is 418 g/mol. The van der Waals surface area contributed by atoms with E-state index in [2.05, 4.69) is 17.1 Å². The maximum Gasteiger partial charge on any atom is 0.277 e. The van der Waals surface area contributed by atoms with Crippen LogP contribution in [0.15, 0.2) is 35.7 Å². The van der Waals surface area contributed by atoms with E-state index in [9.17, 15) is 25.0 Å². The third kappa shape index (κ3) is 5.15. The highest BCUT2D eigenvalue weighted by Crippen LogP contribution is 2.29. The first kappa shape index (κ1) is 20.9. The molecular formula is C19H22N4O5S. The van der Waals surface area contributed by atoms with Gasteiger partial charge >= 0.3 is 0 Å². The van der Waals surface area contributed by atoms with Crippen molar-refractivity contribution >= 4 is 28.6 Å². The average Bonchev–Trinajstić information content (AvgIpc) is 3.23. The second-order valence-electron chi connectivity index (χ2n) is 7.21. The highest BCUT2D eigenvalue weighted by molar-refractivity contribution is 7.10. The number of amides is 1. The number of nitro groups is 2. The van der Waals surface area contributed by atoms with Gasteiger partial charge in [0.15, 0.2) is 0 Å². The Kier molecular flexibility index (Phi) is 6.55. The Morgan fingerprint density at radius 2 is 1.83 bits per heavy atom. The molecule has 9 nitrogen and oxygen atoms in total. The minimum atomic E-state index is -0.743. The molecule has 1 unspecified atom stereocenters. The number of thiophene rings is 1. The lowest BCUT2D eigenvalue weighted by Crippen LogP contribution is -2.41. The molecule has 1 aromatic heterocycles. The van der Waals surface area contributed by atoms with Gasteiger partial charge in [0.1, 0.15) is 0 Å². The van der Waals surface area contributed by atoms with Crippen LogP contribution in [-0.4, -0.2) is 40.3 Å². The maximum atomic E-state index is 12.6. The summed E-state index contributed by atoms with van der Waals surface area (Å²) in [6.07, 6.45) is 2.18. The summed E-state index contributed by atoms with van der Waals surface area (Å²) < 4.78 is 0. The molecule has 1 aromatic carbocycles. The number of non-ortho nitro benzene ring substituents is 2. The van der Waals surface area contributed by atoms with Crippen molar-refractivity contribution in [2.24, 2.45) is 5.92 Å². The fraction of sp³-hybridized carbons (Fsp3) is 0.421. The van der Waals surface area contributed by atoms with Crippen molar-refractivity contribution in [2.75, 3.05) is 19.6 Å². The number of hydrogen-bond donors (Lipinski definition) is 1. The van der Waals surface area contributed by atoms with E-state index in [1.54, 1.807) is 11.3 Å². The number of piperidine rings is 1. The van der Waals surface area contributed by atoms with Gasteiger partial charge in [-0.25, -0.2) is 0 Å². The molecule has 1 fully saturated rings. The fourth-order valence-electron chi connectivity index (χ4n) is 3.46. The normalized spacial score (nSPS) is 16.3. The zero-order valence-corrected chi connectivity index (χ0v) is 16.8. The predicted octanol–water partition coefficient (Wildman–Crippen LogP) is 3.77. The third-order valence-electron chi connectivity index (χ3n) is 5.17. The van der Waals surface area contributed by atoms with Crippen molar-refractivity contribution < 1.29 is 14.6 Å². The van der Waals surface area contributed by atoms with Crippen LogP contribution in [0.3, 0.4) is 0 Å². The predicted molar refractivity (Wildman–Crippen MR) is 109 cm³/mol. The first-order valence-electron chi connectivity index (χ1n) is 9.34. The van der Waals surface area contributed by atoms with E-state index in [0.717, 1.165) is 49.0 Å². The number of benzene rings is 1. The number of carbonyl (C=O) groups excluding carboxylic acids is 1. The van der Waals surface area contributed by atoms with E-state index in [1.165, 1.54) is 0 Å². The van der Waals surface area contributed by atoms with Crippen LogP contribution in [-0.2, 0) is 0 Å². The Morgan fingerprint density at radius 1 is 1.21 bits per heavy atom. The van der Waals surface area contributed by atoms with Crippen molar-refractivity contribution in [1.82, 2.24) is 10.2 Å². The van der Waals surface area contributed by atoms with E-state index in [4.69, 9.17) is 0 Å². The van der Waals surface area contributed by atoms with Gasteiger partial charge in [-0.1, -0.05) is 13.0 Å². The minimum absolute atomic E-state index is 0.000124. The van der Waals surface area contributed by atoms with Crippen LogP contribution in [0.25, 0.3) is 0 Å². The Hall–Kier alpha value is -2.85.